The molecule has 0 aliphatic heterocycles. The standard InChI is InChI=1S/C7H9ClN4O/c8-6-2-1-4(11-12-6)3-5(9)7(10)13/h1-2,5H,3,9H2,(H2,10,13). The first-order valence-electron chi connectivity index (χ1n) is 3.62. The fourth-order valence-corrected chi connectivity index (χ4v) is 0.879. The summed E-state index contributed by atoms with van der Waals surface area (Å²) in [5, 5.41) is 7.63. The number of carbonyl (C=O) groups excluding carboxylic acids is 1. The van der Waals surface area contributed by atoms with Gasteiger partial charge in [-0.3, -0.25) is 4.79 Å². The third kappa shape index (κ3) is 2.96. The highest BCUT2D eigenvalue weighted by molar-refractivity contribution is 6.29. The molecule has 5 nitrogen and oxygen atoms in total. The Morgan fingerprint density at radius 3 is 2.69 bits per heavy atom. The van der Waals surface area contributed by atoms with Gasteiger partial charge in [0.25, 0.3) is 0 Å². The van der Waals surface area contributed by atoms with Crippen LogP contribution in [0.1, 0.15) is 5.69 Å². The molecule has 1 rings (SSSR count). The van der Waals surface area contributed by atoms with E-state index < -0.39 is 11.9 Å². The van der Waals surface area contributed by atoms with Gasteiger partial charge >= 0.3 is 0 Å². The van der Waals surface area contributed by atoms with E-state index in [4.69, 9.17) is 23.1 Å². The highest BCUT2D eigenvalue weighted by atomic mass is 35.5. The number of halogens is 1. The summed E-state index contributed by atoms with van der Waals surface area (Å²) in [5.41, 5.74) is 11.0. The van der Waals surface area contributed by atoms with Gasteiger partial charge in [0.15, 0.2) is 5.15 Å². The summed E-state index contributed by atoms with van der Waals surface area (Å²) < 4.78 is 0. The molecule has 1 aromatic heterocycles. The normalized spacial score (nSPS) is 12.5. The molecular formula is C7H9ClN4O. The molecule has 6 heteroatoms. The molecule has 0 saturated heterocycles. The molecular weight excluding hydrogens is 192 g/mol. The number of primary amides is 1. The number of amides is 1. The van der Waals surface area contributed by atoms with E-state index in [2.05, 4.69) is 10.2 Å². The maximum Gasteiger partial charge on any atom is 0.234 e. The minimum atomic E-state index is -0.726. The Morgan fingerprint density at radius 1 is 1.54 bits per heavy atom. The van der Waals surface area contributed by atoms with Crippen LogP contribution in [0.25, 0.3) is 0 Å². The second-order valence-electron chi connectivity index (χ2n) is 2.56. The molecule has 1 atom stereocenters. The average molecular weight is 201 g/mol. The van der Waals surface area contributed by atoms with E-state index in [-0.39, 0.29) is 6.42 Å². The van der Waals surface area contributed by atoms with Gasteiger partial charge in [0.1, 0.15) is 0 Å². The van der Waals surface area contributed by atoms with Crippen molar-refractivity contribution in [3.8, 4) is 0 Å². The molecule has 1 amide bonds. The van der Waals surface area contributed by atoms with Crippen LogP contribution in [0.15, 0.2) is 12.1 Å². The maximum absolute atomic E-state index is 10.6. The van der Waals surface area contributed by atoms with Crippen molar-refractivity contribution >= 4 is 17.5 Å². The molecule has 1 unspecified atom stereocenters. The summed E-state index contributed by atoms with van der Waals surface area (Å²) in [6, 6.07) is 2.51. The summed E-state index contributed by atoms with van der Waals surface area (Å²) in [6.07, 6.45) is 0.277. The molecule has 0 aliphatic rings. The van der Waals surface area contributed by atoms with Crippen LogP contribution in [0, 0.1) is 0 Å². The van der Waals surface area contributed by atoms with Crippen LogP contribution in [-0.4, -0.2) is 22.1 Å². The van der Waals surface area contributed by atoms with Crippen molar-refractivity contribution in [1.82, 2.24) is 10.2 Å². The summed E-state index contributed by atoms with van der Waals surface area (Å²) in [5.74, 6) is -0.559. The Labute approximate surface area is 80.1 Å². The van der Waals surface area contributed by atoms with Gasteiger partial charge in [-0.1, -0.05) is 11.6 Å². The third-order valence-electron chi connectivity index (χ3n) is 1.48. The van der Waals surface area contributed by atoms with Crippen LogP contribution in [-0.2, 0) is 11.2 Å². The lowest BCUT2D eigenvalue weighted by molar-refractivity contribution is -0.119. The molecule has 70 valence electrons. The van der Waals surface area contributed by atoms with Gasteiger partial charge in [-0.05, 0) is 12.1 Å². The second kappa shape index (κ2) is 4.15. The molecule has 1 heterocycles. The van der Waals surface area contributed by atoms with Gasteiger partial charge < -0.3 is 11.5 Å². The van der Waals surface area contributed by atoms with Gasteiger partial charge in [0.05, 0.1) is 11.7 Å². The molecule has 0 bridgehead atoms. The van der Waals surface area contributed by atoms with Crippen molar-refractivity contribution in [1.29, 1.82) is 0 Å². The first kappa shape index (κ1) is 9.88. The van der Waals surface area contributed by atoms with Crippen molar-refractivity contribution in [3.63, 3.8) is 0 Å². The predicted molar refractivity (Wildman–Crippen MR) is 47.9 cm³/mol. The Bertz CT molecular complexity index is 300. The first-order chi connectivity index (χ1) is 6.09. The predicted octanol–water partition coefficient (Wildman–Crippen LogP) is -0.515. The van der Waals surface area contributed by atoms with Gasteiger partial charge in [-0.25, -0.2) is 0 Å². The van der Waals surface area contributed by atoms with E-state index in [0.29, 0.717) is 10.8 Å². The monoisotopic (exact) mass is 200 g/mol. The number of nitrogens with zero attached hydrogens (tertiary/aromatic N) is 2. The van der Waals surface area contributed by atoms with Gasteiger partial charge in [0, 0.05) is 6.42 Å². The van der Waals surface area contributed by atoms with E-state index in [9.17, 15) is 4.79 Å². The summed E-state index contributed by atoms with van der Waals surface area (Å²) in [6.45, 7) is 0. The Kier molecular flexibility index (Phi) is 3.16. The van der Waals surface area contributed by atoms with E-state index in [1.165, 1.54) is 0 Å². The van der Waals surface area contributed by atoms with Crippen molar-refractivity contribution in [2.75, 3.05) is 0 Å². The molecule has 0 aliphatic carbocycles. The number of hydrogen-bond acceptors (Lipinski definition) is 4. The molecule has 0 fully saturated rings. The van der Waals surface area contributed by atoms with Gasteiger partial charge in [0.2, 0.25) is 5.91 Å². The summed E-state index contributed by atoms with van der Waals surface area (Å²) in [7, 11) is 0. The Balaban J connectivity index is 2.64. The van der Waals surface area contributed by atoms with Gasteiger partial charge in [-0.15, -0.1) is 5.10 Å². The zero-order valence-corrected chi connectivity index (χ0v) is 7.53. The van der Waals surface area contributed by atoms with Crippen LogP contribution >= 0.6 is 11.6 Å². The number of hydrogen-bond donors (Lipinski definition) is 2. The minimum absolute atomic E-state index is 0.277. The zero-order valence-electron chi connectivity index (χ0n) is 6.77. The van der Waals surface area contributed by atoms with Crippen molar-refractivity contribution < 1.29 is 4.79 Å². The van der Waals surface area contributed by atoms with E-state index in [1.807, 2.05) is 0 Å². The highest BCUT2D eigenvalue weighted by Gasteiger charge is 2.10. The smallest absolute Gasteiger partial charge is 0.234 e. The fourth-order valence-electron chi connectivity index (χ4n) is 0.778. The van der Waals surface area contributed by atoms with Gasteiger partial charge in [-0.2, -0.15) is 5.10 Å². The van der Waals surface area contributed by atoms with Crippen molar-refractivity contribution in [3.05, 3.63) is 23.0 Å². The Hall–Kier alpha value is -1.20. The Morgan fingerprint density at radius 2 is 2.23 bits per heavy atom. The SMILES string of the molecule is NC(=O)C(N)Cc1ccc(Cl)nn1. The van der Waals surface area contributed by atoms with Crippen LogP contribution in [0.3, 0.4) is 0 Å². The molecule has 0 spiro atoms. The van der Waals surface area contributed by atoms with Crippen LogP contribution < -0.4 is 11.5 Å². The second-order valence-corrected chi connectivity index (χ2v) is 2.95. The zero-order chi connectivity index (χ0) is 9.84. The van der Waals surface area contributed by atoms with E-state index in [0.717, 1.165) is 0 Å². The lowest BCUT2D eigenvalue weighted by atomic mass is 10.1. The van der Waals surface area contributed by atoms with Crippen molar-refractivity contribution in [2.45, 2.75) is 12.5 Å². The summed E-state index contributed by atoms with van der Waals surface area (Å²) >= 11 is 5.51. The lowest BCUT2D eigenvalue weighted by Gasteiger charge is -2.04. The molecule has 0 radical (unpaired) electrons. The van der Waals surface area contributed by atoms with Crippen LogP contribution in [0.2, 0.25) is 5.15 Å². The topological polar surface area (TPSA) is 94.9 Å². The summed E-state index contributed by atoms with van der Waals surface area (Å²) in [4.78, 5) is 10.6. The number of aromatic nitrogens is 2. The molecule has 13 heavy (non-hydrogen) atoms. The number of nitrogens with two attached hydrogens (primary N) is 2. The molecule has 4 N–H and O–H groups in total. The number of carbonyl (C=O) groups is 1. The molecule has 0 saturated carbocycles. The largest absolute Gasteiger partial charge is 0.368 e. The highest BCUT2D eigenvalue weighted by Crippen LogP contribution is 2.03. The average Bonchev–Trinajstić information content (AvgIpc) is 2.08. The van der Waals surface area contributed by atoms with Crippen LogP contribution in [0.4, 0.5) is 0 Å². The molecule has 1 aromatic rings. The fraction of sp³-hybridized carbons (Fsp3) is 0.286. The van der Waals surface area contributed by atoms with E-state index >= 15 is 0 Å². The van der Waals surface area contributed by atoms with Crippen LogP contribution in [0.5, 0.6) is 0 Å². The number of rotatable bonds is 3. The van der Waals surface area contributed by atoms with E-state index in [1.54, 1.807) is 12.1 Å². The first-order valence-corrected chi connectivity index (χ1v) is 4.00. The lowest BCUT2D eigenvalue weighted by Crippen LogP contribution is -2.38. The quantitative estimate of drug-likeness (QED) is 0.687. The minimum Gasteiger partial charge on any atom is -0.368 e. The molecule has 0 aromatic carbocycles. The van der Waals surface area contributed by atoms with Crippen molar-refractivity contribution in [2.24, 2.45) is 11.5 Å². The maximum atomic E-state index is 10.6. The third-order valence-corrected chi connectivity index (χ3v) is 1.68.